The van der Waals surface area contributed by atoms with Crippen molar-refractivity contribution in [2.24, 2.45) is 0 Å². The molecule has 4 nitrogen and oxygen atoms in total. The third kappa shape index (κ3) is 2.79. The number of aromatic hydroxyl groups is 1. The van der Waals surface area contributed by atoms with E-state index in [1.807, 2.05) is 0 Å². The van der Waals surface area contributed by atoms with Gasteiger partial charge in [0.05, 0.1) is 23.8 Å². The summed E-state index contributed by atoms with van der Waals surface area (Å²) in [7, 11) is 1.27. The number of ether oxygens (including phenoxy) is 2. The van der Waals surface area contributed by atoms with Gasteiger partial charge in [-0.05, 0) is 26.0 Å². The van der Waals surface area contributed by atoms with Gasteiger partial charge in [-0.2, -0.15) is 0 Å². The van der Waals surface area contributed by atoms with Crippen molar-refractivity contribution in [2.75, 3.05) is 7.11 Å². The third-order valence-electron chi connectivity index (χ3n) is 1.81. The number of phenols is 1. The summed E-state index contributed by atoms with van der Waals surface area (Å²) in [6, 6.07) is 2.73. The molecule has 1 N–H and O–H groups in total. The zero-order chi connectivity index (χ0) is 12.3. The first kappa shape index (κ1) is 12.6. The van der Waals surface area contributed by atoms with Crippen LogP contribution < -0.4 is 4.74 Å². The Labute approximate surface area is 98.7 Å². The normalized spacial score (nSPS) is 10.3. The highest BCUT2D eigenvalue weighted by Crippen LogP contribution is 2.35. The van der Waals surface area contributed by atoms with Crippen LogP contribution in [0.15, 0.2) is 12.1 Å². The molecule has 16 heavy (non-hydrogen) atoms. The Hall–Kier alpha value is -1.42. The van der Waals surface area contributed by atoms with E-state index in [-0.39, 0.29) is 28.2 Å². The molecule has 0 radical (unpaired) electrons. The van der Waals surface area contributed by atoms with Gasteiger partial charge in [0.1, 0.15) is 0 Å². The van der Waals surface area contributed by atoms with Gasteiger partial charge in [-0.15, -0.1) is 0 Å². The first-order valence-electron chi connectivity index (χ1n) is 4.73. The quantitative estimate of drug-likeness (QED) is 0.831. The molecule has 0 saturated carbocycles. The summed E-state index contributed by atoms with van der Waals surface area (Å²) >= 11 is 5.77. The molecule has 1 aromatic rings. The van der Waals surface area contributed by atoms with Gasteiger partial charge in [0.2, 0.25) is 0 Å². The van der Waals surface area contributed by atoms with E-state index in [9.17, 15) is 9.90 Å². The van der Waals surface area contributed by atoms with Crippen LogP contribution in [0.5, 0.6) is 11.5 Å². The van der Waals surface area contributed by atoms with Crippen molar-refractivity contribution in [1.29, 1.82) is 0 Å². The maximum Gasteiger partial charge on any atom is 0.338 e. The van der Waals surface area contributed by atoms with Gasteiger partial charge < -0.3 is 14.6 Å². The Morgan fingerprint density at radius 2 is 2.06 bits per heavy atom. The van der Waals surface area contributed by atoms with E-state index in [0.717, 1.165) is 0 Å². The minimum Gasteiger partial charge on any atom is -0.503 e. The highest BCUT2D eigenvalue weighted by Gasteiger charge is 2.15. The van der Waals surface area contributed by atoms with Crippen molar-refractivity contribution < 1.29 is 19.4 Å². The van der Waals surface area contributed by atoms with Gasteiger partial charge >= 0.3 is 5.97 Å². The number of benzene rings is 1. The average Bonchev–Trinajstić information content (AvgIpc) is 2.22. The Balaban J connectivity index is 3.16. The van der Waals surface area contributed by atoms with Crippen molar-refractivity contribution in [3.8, 4) is 11.5 Å². The molecule has 5 heteroatoms. The van der Waals surface area contributed by atoms with Gasteiger partial charge in [-0.3, -0.25) is 0 Å². The van der Waals surface area contributed by atoms with E-state index in [1.165, 1.54) is 19.2 Å². The number of halogens is 1. The second kappa shape index (κ2) is 5.07. The summed E-state index contributed by atoms with van der Waals surface area (Å²) in [5.41, 5.74) is 0.237. The Kier molecular flexibility index (Phi) is 4.01. The van der Waals surface area contributed by atoms with Gasteiger partial charge in [0.25, 0.3) is 0 Å². The van der Waals surface area contributed by atoms with Crippen LogP contribution >= 0.6 is 11.6 Å². The van der Waals surface area contributed by atoms with Crippen LogP contribution in [0.4, 0.5) is 0 Å². The van der Waals surface area contributed by atoms with Gasteiger partial charge in [-0.25, -0.2) is 4.79 Å². The SMILES string of the molecule is COC(=O)c1cc(Cl)c(O)c(OC(C)C)c1. The summed E-state index contributed by atoms with van der Waals surface area (Å²) in [6.45, 7) is 3.61. The first-order chi connectivity index (χ1) is 7.45. The van der Waals surface area contributed by atoms with Crippen molar-refractivity contribution in [2.45, 2.75) is 20.0 Å². The van der Waals surface area contributed by atoms with Crippen LogP contribution in [0.25, 0.3) is 0 Å². The molecular weight excluding hydrogens is 232 g/mol. The van der Waals surface area contributed by atoms with Crippen LogP contribution in [0.1, 0.15) is 24.2 Å². The predicted octanol–water partition coefficient (Wildman–Crippen LogP) is 2.62. The molecule has 0 bridgehead atoms. The number of carbonyl (C=O) groups is 1. The lowest BCUT2D eigenvalue weighted by Gasteiger charge is -2.13. The predicted molar refractivity (Wildman–Crippen MR) is 60.2 cm³/mol. The fourth-order valence-electron chi connectivity index (χ4n) is 1.15. The lowest BCUT2D eigenvalue weighted by atomic mass is 10.2. The van der Waals surface area contributed by atoms with E-state index in [2.05, 4.69) is 4.74 Å². The number of phenolic OH excluding ortho intramolecular Hbond substituents is 1. The molecular formula is C11H13ClO4. The van der Waals surface area contributed by atoms with Crippen LogP contribution in [0.2, 0.25) is 5.02 Å². The smallest absolute Gasteiger partial charge is 0.338 e. The summed E-state index contributed by atoms with van der Waals surface area (Å²) in [4.78, 5) is 11.3. The largest absolute Gasteiger partial charge is 0.503 e. The second-order valence-corrected chi connectivity index (χ2v) is 3.87. The Bertz CT molecular complexity index is 401. The molecule has 0 fully saturated rings. The monoisotopic (exact) mass is 244 g/mol. The Morgan fingerprint density at radius 3 is 2.56 bits per heavy atom. The third-order valence-corrected chi connectivity index (χ3v) is 2.10. The van der Waals surface area contributed by atoms with Crippen molar-refractivity contribution in [1.82, 2.24) is 0 Å². The number of carbonyl (C=O) groups excluding carboxylic acids is 1. The minimum absolute atomic E-state index is 0.0542. The molecule has 0 saturated heterocycles. The maximum atomic E-state index is 11.3. The summed E-state index contributed by atoms with van der Waals surface area (Å²) in [5, 5.41) is 9.67. The van der Waals surface area contributed by atoms with Crippen LogP contribution in [0, 0.1) is 0 Å². The number of esters is 1. The van der Waals surface area contributed by atoms with Crippen molar-refractivity contribution in [3.63, 3.8) is 0 Å². The molecule has 0 amide bonds. The first-order valence-corrected chi connectivity index (χ1v) is 5.11. The summed E-state index contributed by atoms with van der Waals surface area (Å²) in [5.74, 6) is -0.540. The topological polar surface area (TPSA) is 55.8 Å². The fraction of sp³-hybridized carbons (Fsp3) is 0.364. The van der Waals surface area contributed by atoms with Crippen LogP contribution in [-0.4, -0.2) is 24.3 Å². The van der Waals surface area contributed by atoms with Crippen LogP contribution in [-0.2, 0) is 4.74 Å². The molecule has 0 atom stereocenters. The standard InChI is InChI=1S/C11H13ClO4/c1-6(2)16-9-5-7(11(14)15-3)4-8(12)10(9)13/h4-6,13H,1-3H3. The highest BCUT2D eigenvalue weighted by molar-refractivity contribution is 6.32. The number of methoxy groups -OCH3 is 1. The second-order valence-electron chi connectivity index (χ2n) is 3.46. The molecule has 0 aliphatic rings. The lowest BCUT2D eigenvalue weighted by Crippen LogP contribution is -2.07. The van der Waals surface area contributed by atoms with E-state index in [1.54, 1.807) is 13.8 Å². The van der Waals surface area contributed by atoms with Gasteiger partial charge in [0, 0.05) is 0 Å². The Morgan fingerprint density at radius 1 is 1.44 bits per heavy atom. The highest BCUT2D eigenvalue weighted by atomic mass is 35.5. The zero-order valence-electron chi connectivity index (χ0n) is 9.28. The maximum absolute atomic E-state index is 11.3. The molecule has 0 spiro atoms. The number of hydrogen-bond acceptors (Lipinski definition) is 4. The van der Waals surface area contributed by atoms with Gasteiger partial charge in [0.15, 0.2) is 11.5 Å². The van der Waals surface area contributed by atoms with Gasteiger partial charge in [-0.1, -0.05) is 11.6 Å². The summed E-state index contributed by atoms with van der Waals surface area (Å²) < 4.78 is 9.88. The van der Waals surface area contributed by atoms with E-state index in [0.29, 0.717) is 0 Å². The number of hydrogen-bond donors (Lipinski definition) is 1. The molecule has 88 valence electrons. The minimum atomic E-state index is -0.532. The van der Waals surface area contributed by atoms with E-state index >= 15 is 0 Å². The van der Waals surface area contributed by atoms with Crippen molar-refractivity contribution >= 4 is 17.6 Å². The molecule has 1 aromatic carbocycles. The zero-order valence-corrected chi connectivity index (χ0v) is 10.0. The van der Waals surface area contributed by atoms with E-state index < -0.39 is 5.97 Å². The van der Waals surface area contributed by atoms with Crippen molar-refractivity contribution in [3.05, 3.63) is 22.7 Å². The average molecular weight is 245 g/mol. The molecule has 0 aromatic heterocycles. The molecule has 0 aliphatic carbocycles. The molecule has 0 heterocycles. The number of rotatable bonds is 3. The van der Waals surface area contributed by atoms with Crippen LogP contribution in [0.3, 0.4) is 0 Å². The fourth-order valence-corrected chi connectivity index (χ4v) is 1.36. The molecule has 0 aliphatic heterocycles. The molecule has 0 unspecified atom stereocenters. The summed E-state index contributed by atoms with van der Waals surface area (Å²) in [6.07, 6.45) is -0.130. The molecule has 1 rings (SSSR count). The lowest BCUT2D eigenvalue weighted by molar-refractivity contribution is 0.0600. The van der Waals surface area contributed by atoms with E-state index in [4.69, 9.17) is 16.3 Å².